The number of hydrogen-bond donors (Lipinski definition) is 2. The molecule has 0 bridgehead atoms. The fourth-order valence-corrected chi connectivity index (χ4v) is 1.56. The fraction of sp³-hybridized carbons (Fsp3) is 0.500. The van der Waals surface area contributed by atoms with Crippen LogP contribution in [0.4, 0.5) is 5.69 Å². The first-order valence-corrected chi connectivity index (χ1v) is 5.59. The summed E-state index contributed by atoms with van der Waals surface area (Å²) < 4.78 is 4.94. The van der Waals surface area contributed by atoms with E-state index in [4.69, 9.17) is 4.74 Å². The second-order valence-electron chi connectivity index (χ2n) is 4.11. The van der Waals surface area contributed by atoms with Gasteiger partial charge in [0.2, 0.25) is 0 Å². The van der Waals surface area contributed by atoms with Crippen molar-refractivity contribution in [1.29, 1.82) is 0 Å². The molecule has 0 heterocycles. The van der Waals surface area contributed by atoms with Gasteiger partial charge in [-0.3, -0.25) is 10.1 Å². The number of nitro groups is 1. The van der Waals surface area contributed by atoms with Gasteiger partial charge in [0.15, 0.2) is 0 Å². The number of nitro benzene ring substituents is 1. The molecule has 0 spiro atoms. The smallest absolute Gasteiger partial charge is 0.269 e. The average Bonchev–Trinajstić information content (AvgIpc) is 2.37. The van der Waals surface area contributed by atoms with Gasteiger partial charge in [-0.25, -0.2) is 0 Å². The van der Waals surface area contributed by atoms with E-state index in [1.807, 2.05) is 0 Å². The molecule has 6 heteroatoms. The Morgan fingerprint density at radius 1 is 1.44 bits per heavy atom. The second-order valence-corrected chi connectivity index (χ2v) is 4.11. The topological polar surface area (TPSA) is 92.8 Å². The number of hydrogen-bond acceptors (Lipinski definition) is 5. The van der Waals surface area contributed by atoms with Crippen LogP contribution in [0.2, 0.25) is 0 Å². The largest absolute Gasteiger partial charge is 0.390 e. The molecule has 0 saturated carbocycles. The third-order valence-corrected chi connectivity index (χ3v) is 2.84. The standard InChI is InChI=1S/C12H17NO5/c1-8(18-2)11(14)7-12(15)9-4-3-5-10(6-9)13(16)17/h3-6,8,11-12,14-15H,7H2,1-2H3/t8-,11+,12+/m1/s1. The maximum absolute atomic E-state index is 10.6. The SMILES string of the molecule is CO[C@H](C)[C@@H](O)C[C@H](O)c1cccc([N+](=O)[O-])c1. The number of ether oxygens (including phenoxy) is 1. The van der Waals surface area contributed by atoms with Crippen LogP contribution in [-0.4, -0.2) is 34.5 Å². The minimum absolute atomic E-state index is 0.0656. The number of aliphatic hydroxyl groups excluding tert-OH is 2. The van der Waals surface area contributed by atoms with E-state index in [9.17, 15) is 20.3 Å². The van der Waals surface area contributed by atoms with Crippen molar-refractivity contribution in [2.45, 2.75) is 31.7 Å². The second kappa shape index (κ2) is 6.44. The maximum atomic E-state index is 10.6. The van der Waals surface area contributed by atoms with Crippen LogP contribution in [0.25, 0.3) is 0 Å². The molecule has 18 heavy (non-hydrogen) atoms. The van der Waals surface area contributed by atoms with Gasteiger partial charge < -0.3 is 14.9 Å². The molecule has 0 radical (unpaired) electrons. The summed E-state index contributed by atoms with van der Waals surface area (Å²) in [5.74, 6) is 0. The molecule has 0 saturated heterocycles. The average molecular weight is 255 g/mol. The summed E-state index contributed by atoms with van der Waals surface area (Å²) >= 11 is 0. The van der Waals surface area contributed by atoms with Crippen LogP contribution >= 0.6 is 0 Å². The van der Waals surface area contributed by atoms with Gasteiger partial charge in [0.1, 0.15) is 0 Å². The lowest BCUT2D eigenvalue weighted by atomic mass is 10.0. The summed E-state index contributed by atoms with van der Waals surface area (Å²) in [6.07, 6.45) is -2.13. The van der Waals surface area contributed by atoms with Gasteiger partial charge in [0.25, 0.3) is 5.69 Å². The van der Waals surface area contributed by atoms with Crippen LogP contribution in [-0.2, 0) is 4.74 Å². The van der Waals surface area contributed by atoms with Gasteiger partial charge in [-0.05, 0) is 12.5 Å². The van der Waals surface area contributed by atoms with Crippen LogP contribution < -0.4 is 0 Å². The Balaban J connectivity index is 2.75. The Morgan fingerprint density at radius 2 is 2.11 bits per heavy atom. The van der Waals surface area contributed by atoms with E-state index >= 15 is 0 Å². The lowest BCUT2D eigenvalue weighted by Crippen LogP contribution is -2.26. The predicted octanol–water partition coefficient (Wildman–Crippen LogP) is 1.41. The van der Waals surface area contributed by atoms with Crippen LogP contribution in [0.15, 0.2) is 24.3 Å². The van der Waals surface area contributed by atoms with E-state index in [0.717, 1.165) is 0 Å². The first-order valence-electron chi connectivity index (χ1n) is 5.59. The Labute approximate surface area is 105 Å². The molecule has 1 aromatic rings. The highest BCUT2D eigenvalue weighted by Gasteiger charge is 2.20. The molecule has 0 aliphatic heterocycles. The highest BCUT2D eigenvalue weighted by Crippen LogP contribution is 2.23. The van der Waals surface area contributed by atoms with E-state index in [1.54, 1.807) is 13.0 Å². The molecular weight excluding hydrogens is 238 g/mol. The quantitative estimate of drug-likeness (QED) is 0.592. The van der Waals surface area contributed by atoms with Gasteiger partial charge >= 0.3 is 0 Å². The third kappa shape index (κ3) is 3.76. The van der Waals surface area contributed by atoms with Crippen molar-refractivity contribution in [1.82, 2.24) is 0 Å². The monoisotopic (exact) mass is 255 g/mol. The van der Waals surface area contributed by atoms with E-state index in [2.05, 4.69) is 0 Å². The van der Waals surface area contributed by atoms with Crippen molar-refractivity contribution in [2.24, 2.45) is 0 Å². The van der Waals surface area contributed by atoms with E-state index in [-0.39, 0.29) is 12.1 Å². The van der Waals surface area contributed by atoms with Gasteiger partial charge in [-0.1, -0.05) is 12.1 Å². The summed E-state index contributed by atoms with van der Waals surface area (Å²) in [4.78, 5) is 10.1. The third-order valence-electron chi connectivity index (χ3n) is 2.84. The zero-order valence-electron chi connectivity index (χ0n) is 10.3. The molecule has 1 rings (SSSR count). The molecule has 2 N–H and O–H groups in total. The minimum atomic E-state index is -0.961. The molecule has 1 aromatic carbocycles. The van der Waals surface area contributed by atoms with Crippen LogP contribution in [0.3, 0.4) is 0 Å². The number of methoxy groups -OCH3 is 1. The number of rotatable bonds is 6. The van der Waals surface area contributed by atoms with Crippen molar-refractivity contribution >= 4 is 5.69 Å². The summed E-state index contributed by atoms with van der Waals surface area (Å²) in [6, 6.07) is 5.74. The Bertz CT molecular complexity index is 409. The lowest BCUT2D eigenvalue weighted by molar-refractivity contribution is -0.385. The van der Waals surface area contributed by atoms with Crippen molar-refractivity contribution in [3.05, 3.63) is 39.9 Å². The molecule has 0 aromatic heterocycles. The lowest BCUT2D eigenvalue weighted by Gasteiger charge is -2.20. The van der Waals surface area contributed by atoms with Gasteiger partial charge in [0.05, 0.1) is 23.2 Å². The molecule has 0 unspecified atom stereocenters. The van der Waals surface area contributed by atoms with Crippen LogP contribution in [0.1, 0.15) is 25.0 Å². The van der Waals surface area contributed by atoms with Crippen molar-refractivity contribution in [2.75, 3.05) is 7.11 Å². The molecule has 3 atom stereocenters. The van der Waals surface area contributed by atoms with Crippen molar-refractivity contribution in [3.8, 4) is 0 Å². The van der Waals surface area contributed by atoms with E-state index in [0.29, 0.717) is 5.56 Å². The first-order chi connectivity index (χ1) is 8.45. The zero-order chi connectivity index (χ0) is 13.7. The normalized spacial score (nSPS) is 16.0. The van der Waals surface area contributed by atoms with Crippen LogP contribution in [0.5, 0.6) is 0 Å². The molecule has 6 nitrogen and oxygen atoms in total. The Kier molecular flexibility index (Phi) is 5.21. The number of aliphatic hydroxyl groups is 2. The van der Waals surface area contributed by atoms with Crippen LogP contribution in [0, 0.1) is 10.1 Å². The highest BCUT2D eigenvalue weighted by molar-refractivity contribution is 5.35. The minimum Gasteiger partial charge on any atom is -0.390 e. The molecule has 0 aliphatic rings. The Hall–Kier alpha value is -1.50. The van der Waals surface area contributed by atoms with Gasteiger partial charge in [-0.2, -0.15) is 0 Å². The molecule has 0 amide bonds. The first kappa shape index (κ1) is 14.6. The molecule has 100 valence electrons. The van der Waals surface area contributed by atoms with E-state index < -0.39 is 23.2 Å². The van der Waals surface area contributed by atoms with Crippen molar-refractivity contribution < 1.29 is 19.9 Å². The summed E-state index contributed by atoms with van der Waals surface area (Å²) in [6.45, 7) is 1.69. The number of nitrogens with zero attached hydrogens (tertiary/aromatic N) is 1. The fourth-order valence-electron chi connectivity index (χ4n) is 1.56. The molecule has 0 aliphatic carbocycles. The Morgan fingerprint density at radius 3 is 2.67 bits per heavy atom. The maximum Gasteiger partial charge on any atom is 0.269 e. The number of benzene rings is 1. The van der Waals surface area contributed by atoms with Crippen molar-refractivity contribution in [3.63, 3.8) is 0 Å². The summed E-state index contributed by atoms with van der Waals surface area (Å²) in [5.41, 5.74) is 0.326. The summed E-state index contributed by atoms with van der Waals surface area (Å²) in [5, 5.41) is 30.2. The molecular formula is C12H17NO5. The van der Waals surface area contributed by atoms with Gasteiger partial charge in [-0.15, -0.1) is 0 Å². The summed E-state index contributed by atoms with van der Waals surface area (Å²) in [7, 11) is 1.47. The molecule has 0 fully saturated rings. The highest BCUT2D eigenvalue weighted by atomic mass is 16.6. The number of non-ortho nitro benzene ring substituents is 1. The van der Waals surface area contributed by atoms with Gasteiger partial charge in [0, 0.05) is 25.7 Å². The predicted molar refractivity (Wildman–Crippen MR) is 65.2 cm³/mol. The van der Waals surface area contributed by atoms with E-state index in [1.165, 1.54) is 25.3 Å². The zero-order valence-corrected chi connectivity index (χ0v) is 10.3.